The SMILES string of the molecule is COc1ccc(/C=C\c2cc(OC)c(OC)c(OC)c2)cc1OC(=O)c1cccc(Cn2cc(CCOC(=O)CCC(=O)n3cc(C4CC(=O)NC4=O)c4cc(F)ccc43)nn2)c1. The Morgan fingerprint density at radius 2 is 1.57 bits per heavy atom. The minimum Gasteiger partial charge on any atom is -0.493 e. The van der Waals surface area contributed by atoms with Crippen LogP contribution < -0.4 is 29.0 Å². The molecule has 0 aliphatic carbocycles. The van der Waals surface area contributed by atoms with Gasteiger partial charge in [-0.1, -0.05) is 35.6 Å². The summed E-state index contributed by atoms with van der Waals surface area (Å²) in [5.41, 5.74) is 3.84. The lowest BCUT2D eigenvalue weighted by molar-refractivity contribution is -0.143. The van der Waals surface area contributed by atoms with Crippen molar-refractivity contribution in [1.29, 1.82) is 0 Å². The number of rotatable bonds is 17. The van der Waals surface area contributed by atoms with Gasteiger partial charge in [0, 0.05) is 37.0 Å². The van der Waals surface area contributed by atoms with E-state index < -0.39 is 41.4 Å². The Morgan fingerprint density at radius 1 is 0.825 bits per heavy atom. The number of ether oxygens (including phenoxy) is 6. The third-order valence-corrected chi connectivity index (χ3v) is 10.2. The van der Waals surface area contributed by atoms with Crippen molar-refractivity contribution in [3.63, 3.8) is 0 Å². The van der Waals surface area contributed by atoms with Crippen LogP contribution in [0.4, 0.5) is 4.39 Å². The minimum absolute atomic E-state index is 0.0147. The summed E-state index contributed by atoms with van der Waals surface area (Å²) in [5.74, 6) is -1.97. The number of halogens is 1. The van der Waals surface area contributed by atoms with Crippen molar-refractivity contribution in [2.45, 2.75) is 38.1 Å². The van der Waals surface area contributed by atoms with Crippen molar-refractivity contribution in [3.8, 4) is 28.7 Å². The zero-order valence-corrected chi connectivity index (χ0v) is 34.7. The van der Waals surface area contributed by atoms with Crippen LogP contribution in [0.5, 0.6) is 28.7 Å². The van der Waals surface area contributed by atoms with Crippen LogP contribution in [-0.2, 0) is 32.1 Å². The van der Waals surface area contributed by atoms with Crippen LogP contribution in [0.2, 0.25) is 0 Å². The number of fused-ring (bicyclic) bond motifs is 1. The van der Waals surface area contributed by atoms with Gasteiger partial charge in [-0.3, -0.25) is 29.1 Å². The van der Waals surface area contributed by atoms with E-state index in [1.54, 1.807) is 55.4 Å². The third-order valence-electron chi connectivity index (χ3n) is 10.2. The van der Waals surface area contributed by atoms with Crippen LogP contribution in [0.3, 0.4) is 0 Å². The Kier molecular flexibility index (Phi) is 13.2. The molecule has 0 spiro atoms. The van der Waals surface area contributed by atoms with E-state index in [2.05, 4.69) is 15.6 Å². The number of aromatic nitrogens is 4. The van der Waals surface area contributed by atoms with Crippen molar-refractivity contribution in [3.05, 3.63) is 125 Å². The average molecular weight is 860 g/mol. The summed E-state index contributed by atoms with van der Waals surface area (Å²) >= 11 is 0. The first-order valence-corrected chi connectivity index (χ1v) is 19.7. The standard InChI is InChI=1S/C46H42FN5O11/c1-58-37-13-10-27(8-9-28-20-39(59-2)44(61-4)40(21-28)60-3)19-38(37)63-46(57)30-7-5-6-29(18-30)24-51-25-32(49-50-51)16-17-62-43(55)15-14-42(54)52-26-35(34-23-41(53)48-45(34)56)33-22-31(47)11-12-36(33)52/h5-13,18-22,25-26,34H,14-17,23-24H2,1-4H3,(H,48,53,56)/b9-8-. The van der Waals surface area contributed by atoms with E-state index in [4.69, 9.17) is 28.4 Å². The molecule has 16 nitrogen and oxygen atoms in total. The fraction of sp³-hybridized carbons (Fsp3) is 0.239. The van der Waals surface area contributed by atoms with E-state index in [0.29, 0.717) is 50.7 Å². The molecule has 1 aliphatic rings. The molecule has 63 heavy (non-hydrogen) atoms. The van der Waals surface area contributed by atoms with Crippen LogP contribution in [0, 0.1) is 5.82 Å². The summed E-state index contributed by atoms with van der Waals surface area (Å²) in [5, 5.41) is 10.9. The Morgan fingerprint density at radius 3 is 2.29 bits per heavy atom. The number of nitrogens with zero attached hydrogens (tertiary/aromatic N) is 4. The number of benzene rings is 4. The molecule has 6 aromatic rings. The Bertz CT molecular complexity index is 2730. The number of hydrogen-bond acceptors (Lipinski definition) is 13. The van der Waals surface area contributed by atoms with Crippen LogP contribution >= 0.6 is 0 Å². The molecule has 0 radical (unpaired) electrons. The van der Waals surface area contributed by atoms with Crippen LogP contribution in [-0.4, -0.2) is 84.3 Å². The second-order valence-electron chi connectivity index (χ2n) is 14.3. The first-order valence-electron chi connectivity index (χ1n) is 19.7. The molecule has 1 aliphatic heterocycles. The summed E-state index contributed by atoms with van der Waals surface area (Å²) in [7, 11) is 6.11. The largest absolute Gasteiger partial charge is 0.493 e. The highest BCUT2D eigenvalue weighted by molar-refractivity contribution is 6.08. The van der Waals surface area contributed by atoms with Gasteiger partial charge in [-0.05, 0) is 76.9 Å². The van der Waals surface area contributed by atoms with Crippen LogP contribution in [0.25, 0.3) is 23.1 Å². The molecule has 7 rings (SSSR count). The fourth-order valence-corrected chi connectivity index (χ4v) is 7.13. The lowest BCUT2D eigenvalue weighted by Gasteiger charge is -2.13. The molecular weight excluding hydrogens is 818 g/mol. The number of carbonyl (C=O) groups is 5. The molecule has 1 fully saturated rings. The monoisotopic (exact) mass is 859 g/mol. The topological polar surface area (TPSA) is 188 Å². The zero-order valence-electron chi connectivity index (χ0n) is 34.7. The van der Waals surface area contributed by atoms with Crippen molar-refractivity contribution in [2.75, 3.05) is 35.0 Å². The maximum Gasteiger partial charge on any atom is 0.343 e. The molecule has 324 valence electrons. The normalized spacial score (nSPS) is 13.6. The number of carbonyl (C=O) groups excluding carboxylic acids is 5. The predicted octanol–water partition coefficient (Wildman–Crippen LogP) is 6.18. The van der Waals surface area contributed by atoms with Gasteiger partial charge in [0.2, 0.25) is 23.5 Å². The number of esters is 2. The van der Waals surface area contributed by atoms with Gasteiger partial charge in [-0.25, -0.2) is 13.9 Å². The summed E-state index contributed by atoms with van der Waals surface area (Å²) in [6, 6.07) is 19.6. The molecule has 17 heteroatoms. The molecule has 3 heterocycles. The van der Waals surface area contributed by atoms with E-state index in [0.717, 1.165) is 16.7 Å². The highest BCUT2D eigenvalue weighted by Gasteiger charge is 2.34. The fourth-order valence-electron chi connectivity index (χ4n) is 7.13. The lowest BCUT2D eigenvalue weighted by Crippen LogP contribution is -2.21. The van der Waals surface area contributed by atoms with Crippen molar-refractivity contribution in [1.82, 2.24) is 24.9 Å². The van der Waals surface area contributed by atoms with Gasteiger partial charge >= 0.3 is 11.9 Å². The molecule has 1 N–H and O–H groups in total. The second kappa shape index (κ2) is 19.3. The van der Waals surface area contributed by atoms with Gasteiger partial charge in [0.15, 0.2) is 23.0 Å². The number of amides is 2. The average Bonchev–Trinajstić information content (AvgIpc) is 3.99. The van der Waals surface area contributed by atoms with Gasteiger partial charge in [0.25, 0.3) is 0 Å². The summed E-state index contributed by atoms with van der Waals surface area (Å²) in [6.07, 6.45) is 6.52. The first kappa shape index (κ1) is 43.3. The maximum absolute atomic E-state index is 14.1. The van der Waals surface area contributed by atoms with Crippen molar-refractivity contribution >= 4 is 52.7 Å². The predicted molar refractivity (Wildman–Crippen MR) is 225 cm³/mol. The van der Waals surface area contributed by atoms with Gasteiger partial charge in [0.05, 0.1) is 70.7 Å². The Balaban J connectivity index is 0.911. The van der Waals surface area contributed by atoms with E-state index in [1.807, 2.05) is 36.4 Å². The van der Waals surface area contributed by atoms with Crippen LogP contribution in [0.15, 0.2) is 85.2 Å². The molecule has 4 aromatic carbocycles. The van der Waals surface area contributed by atoms with Gasteiger partial charge in [-0.15, -0.1) is 5.10 Å². The Hall–Kier alpha value is -7.82. The number of methoxy groups -OCH3 is 4. The van der Waals surface area contributed by atoms with E-state index in [9.17, 15) is 28.4 Å². The van der Waals surface area contributed by atoms with Crippen LogP contribution in [0.1, 0.15) is 68.3 Å². The zero-order chi connectivity index (χ0) is 44.6. The molecule has 1 atom stereocenters. The number of imide groups is 1. The number of hydrogen-bond donors (Lipinski definition) is 1. The molecule has 1 saturated heterocycles. The molecule has 1 unspecified atom stereocenters. The summed E-state index contributed by atoms with van der Waals surface area (Å²) in [4.78, 5) is 63.3. The summed E-state index contributed by atoms with van der Waals surface area (Å²) in [6.45, 7) is 0.268. The smallest absolute Gasteiger partial charge is 0.343 e. The highest BCUT2D eigenvalue weighted by Crippen LogP contribution is 2.39. The minimum atomic E-state index is -0.855. The van der Waals surface area contributed by atoms with Gasteiger partial charge < -0.3 is 28.4 Å². The second-order valence-corrected chi connectivity index (χ2v) is 14.3. The molecule has 0 bridgehead atoms. The van der Waals surface area contributed by atoms with Crippen molar-refractivity contribution in [2.24, 2.45) is 0 Å². The van der Waals surface area contributed by atoms with E-state index >= 15 is 0 Å². The van der Waals surface area contributed by atoms with Gasteiger partial charge in [0.1, 0.15) is 5.82 Å². The highest BCUT2D eigenvalue weighted by atomic mass is 19.1. The van der Waals surface area contributed by atoms with E-state index in [1.165, 1.54) is 43.2 Å². The quantitative estimate of drug-likeness (QED) is 0.0475. The Labute approximate surface area is 360 Å². The molecular formula is C46H42FN5O11. The van der Waals surface area contributed by atoms with Gasteiger partial charge in [-0.2, -0.15) is 0 Å². The van der Waals surface area contributed by atoms with Crippen molar-refractivity contribution < 1.29 is 56.8 Å². The number of nitrogens with one attached hydrogen (secondary N) is 1. The summed E-state index contributed by atoms with van der Waals surface area (Å²) < 4.78 is 49.9. The molecule has 2 amide bonds. The lowest BCUT2D eigenvalue weighted by atomic mass is 9.97. The maximum atomic E-state index is 14.1. The van der Waals surface area contributed by atoms with E-state index in [-0.39, 0.29) is 44.6 Å². The molecule has 2 aromatic heterocycles. The third kappa shape index (κ3) is 10.0. The molecule has 0 saturated carbocycles. The first-order chi connectivity index (χ1) is 30.5.